The molecule has 64 valence electrons. The van der Waals surface area contributed by atoms with Gasteiger partial charge in [0.25, 0.3) is 0 Å². The molecule has 0 aromatic rings. The summed E-state index contributed by atoms with van der Waals surface area (Å²) >= 11 is 0. The first-order valence-corrected chi connectivity index (χ1v) is 2.35. The lowest BCUT2D eigenvalue weighted by molar-refractivity contribution is 0.275. The first kappa shape index (κ1) is 34.2. The van der Waals surface area contributed by atoms with Crippen LogP contribution in [0.25, 0.3) is 0 Å². The smallest absolute Gasteiger partial charge is 0.344 e. The van der Waals surface area contributed by atoms with Crippen LogP contribution in [0.3, 0.4) is 0 Å². The molecule has 0 rings (SSSR count). The highest BCUT2D eigenvalue weighted by Crippen LogP contribution is 2.25. The van der Waals surface area contributed by atoms with E-state index < -0.39 is 7.82 Å². The third-order valence-electron chi connectivity index (χ3n) is 0. The maximum absolute atomic E-state index is 8.88. The van der Waals surface area contributed by atoms with Crippen LogP contribution in [-0.2, 0) is 4.57 Å². The van der Waals surface area contributed by atoms with Gasteiger partial charge in [-0.15, -0.1) is 0 Å². The molecule has 0 aliphatic heterocycles. The van der Waals surface area contributed by atoms with Gasteiger partial charge in [0, 0.05) is 0 Å². The van der Waals surface area contributed by atoms with E-state index in [1.807, 2.05) is 0 Å². The van der Waals surface area contributed by atoms with Crippen LogP contribution >= 0.6 is 17.7 Å². The maximum atomic E-state index is 8.88. The predicted octanol–water partition coefficient (Wildman–Crippen LogP) is -0.385. The van der Waals surface area contributed by atoms with Crippen molar-refractivity contribution in [3.05, 3.63) is 0 Å². The van der Waals surface area contributed by atoms with Gasteiger partial charge in [0.15, 0.2) is 0 Å². The predicted molar refractivity (Wildman–Crippen MR) is 40.4 cm³/mol. The molecule has 0 heterocycles. The largest absolute Gasteiger partial charge is 0.466 e. The first-order valence-electron chi connectivity index (χ1n) is 0.783. The molecule has 0 aromatic carbocycles. The summed E-state index contributed by atoms with van der Waals surface area (Å²) in [6, 6.07) is 0. The number of phosphoric acid groups is 1. The van der Waals surface area contributed by atoms with E-state index >= 15 is 0 Å². The Labute approximate surface area is 56.5 Å². The Morgan fingerprint density at radius 1 is 0.889 bits per heavy atom. The summed E-state index contributed by atoms with van der Waals surface area (Å²) in [6.07, 6.45) is 0. The molecule has 0 aliphatic carbocycles. The highest BCUT2D eigenvalue weighted by Gasteiger charge is 2.00. The molecular formula is H15N3O4P2. The molecule has 7 nitrogen and oxygen atoms in total. The molecule has 0 fully saturated rings. The van der Waals surface area contributed by atoms with E-state index in [2.05, 4.69) is 0 Å². The third kappa shape index (κ3) is 1970. The highest BCUT2D eigenvalue weighted by molar-refractivity contribution is 7.45. The van der Waals surface area contributed by atoms with Crippen LogP contribution in [0.15, 0.2) is 0 Å². The van der Waals surface area contributed by atoms with Gasteiger partial charge in [-0.3, -0.25) is 0 Å². The highest BCUT2D eigenvalue weighted by atomic mass is 31.2. The van der Waals surface area contributed by atoms with Crippen LogP contribution < -0.4 is 18.5 Å². The second-order valence-electron chi connectivity index (χ2n) is 0.513. The minimum absolute atomic E-state index is 0. The Hall–Kier alpha value is 0.420. The lowest BCUT2D eigenvalue weighted by Crippen LogP contribution is -1.66. The topological polar surface area (TPSA) is 183 Å². The normalized spacial score (nSPS) is 6.56. The Morgan fingerprint density at radius 2 is 0.889 bits per heavy atom. The van der Waals surface area contributed by atoms with Crippen LogP contribution in [0, 0.1) is 0 Å². The van der Waals surface area contributed by atoms with E-state index in [-0.39, 0.29) is 28.4 Å². The van der Waals surface area contributed by atoms with E-state index in [9.17, 15) is 0 Å². The molecule has 9 heteroatoms. The van der Waals surface area contributed by atoms with E-state index in [1.165, 1.54) is 0 Å². The summed E-state index contributed by atoms with van der Waals surface area (Å²) in [5, 5.41) is 0. The number of hydrogen-bond donors (Lipinski definition) is 6. The Balaban J connectivity index is -0.0000000133. The van der Waals surface area contributed by atoms with Crippen LogP contribution in [0.5, 0.6) is 0 Å². The van der Waals surface area contributed by atoms with Crippen molar-refractivity contribution in [1.82, 2.24) is 18.5 Å². The second kappa shape index (κ2) is 11.2. The monoisotopic (exact) mass is 183 g/mol. The van der Waals surface area contributed by atoms with Crippen molar-refractivity contribution >= 4 is 17.7 Å². The molecule has 0 spiro atoms. The fraction of sp³-hybridized carbons (Fsp3) is 0. The van der Waals surface area contributed by atoms with Crippen molar-refractivity contribution < 1.29 is 19.2 Å². The van der Waals surface area contributed by atoms with Gasteiger partial charge in [0.05, 0.1) is 0 Å². The standard InChI is InChI=1S/3H3N.H3O4P.H3P/c;;;1-5(2,3)4;/h3*1H3;(H3,1,2,3,4);1H3. The van der Waals surface area contributed by atoms with Crippen molar-refractivity contribution in [3.63, 3.8) is 0 Å². The summed E-state index contributed by atoms with van der Waals surface area (Å²) in [5.41, 5.74) is 0. The molecule has 0 saturated heterocycles. The number of hydrogen-bond acceptors (Lipinski definition) is 4. The van der Waals surface area contributed by atoms with Gasteiger partial charge >= 0.3 is 7.82 Å². The number of rotatable bonds is 0. The second-order valence-corrected chi connectivity index (χ2v) is 1.54. The summed E-state index contributed by atoms with van der Waals surface area (Å²) in [7, 11) is -4.64. The van der Waals surface area contributed by atoms with Gasteiger partial charge in [-0.2, -0.15) is 9.90 Å². The van der Waals surface area contributed by atoms with E-state index in [4.69, 9.17) is 19.2 Å². The average molecular weight is 183 g/mol. The maximum Gasteiger partial charge on any atom is 0.466 e. The van der Waals surface area contributed by atoms with Crippen molar-refractivity contribution in [1.29, 1.82) is 0 Å². The SMILES string of the molecule is N.N.N.O=P(O)(O)O.P. The molecule has 0 aliphatic rings. The molecule has 1 atom stereocenters. The zero-order valence-corrected chi connectivity index (χ0v) is 7.33. The van der Waals surface area contributed by atoms with Crippen molar-refractivity contribution in [2.24, 2.45) is 0 Å². The molecular weight excluding hydrogens is 168 g/mol. The van der Waals surface area contributed by atoms with Crippen LogP contribution in [-0.4, -0.2) is 14.7 Å². The van der Waals surface area contributed by atoms with Crippen molar-refractivity contribution in [2.75, 3.05) is 0 Å². The zero-order chi connectivity index (χ0) is 4.50. The summed E-state index contributed by atoms with van der Waals surface area (Å²) < 4.78 is 8.88. The Bertz CT molecular complexity index is 59.9. The van der Waals surface area contributed by atoms with Gasteiger partial charge in [0.1, 0.15) is 0 Å². The molecule has 0 radical (unpaired) electrons. The summed E-state index contributed by atoms with van der Waals surface area (Å²) in [4.78, 5) is 21.6. The first-order chi connectivity index (χ1) is 2.00. The van der Waals surface area contributed by atoms with E-state index in [1.54, 1.807) is 0 Å². The van der Waals surface area contributed by atoms with Gasteiger partial charge < -0.3 is 33.1 Å². The minimum atomic E-state index is -4.64. The summed E-state index contributed by atoms with van der Waals surface area (Å²) in [6.45, 7) is 0. The molecule has 0 saturated carbocycles. The molecule has 0 amide bonds. The van der Waals surface area contributed by atoms with Gasteiger partial charge in [-0.05, 0) is 0 Å². The fourth-order valence-corrected chi connectivity index (χ4v) is 0. The molecule has 9 heavy (non-hydrogen) atoms. The van der Waals surface area contributed by atoms with Gasteiger partial charge in [-0.25, -0.2) is 4.57 Å². The van der Waals surface area contributed by atoms with Gasteiger partial charge in [-0.1, -0.05) is 0 Å². The molecule has 12 N–H and O–H groups in total. The molecule has 1 unspecified atom stereocenters. The van der Waals surface area contributed by atoms with Crippen LogP contribution in [0.1, 0.15) is 0 Å². The van der Waals surface area contributed by atoms with Gasteiger partial charge in [0.2, 0.25) is 0 Å². The zero-order valence-electron chi connectivity index (χ0n) is 5.03. The lowest BCUT2D eigenvalue weighted by Gasteiger charge is -1.82. The summed E-state index contributed by atoms with van der Waals surface area (Å²) in [5.74, 6) is 0. The third-order valence-corrected chi connectivity index (χ3v) is 0. The fourth-order valence-electron chi connectivity index (χ4n) is 0. The van der Waals surface area contributed by atoms with Crippen LogP contribution in [0.4, 0.5) is 0 Å². The van der Waals surface area contributed by atoms with Crippen molar-refractivity contribution in [3.8, 4) is 0 Å². The van der Waals surface area contributed by atoms with E-state index in [0.717, 1.165) is 0 Å². The Kier molecular flexibility index (Phi) is 42.7. The Morgan fingerprint density at radius 3 is 0.889 bits per heavy atom. The average Bonchev–Trinajstić information content (AvgIpc) is 0.722. The minimum Gasteiger partial charge on any atom is -0.344 e. The van der Waals surface area contributed by atoms with Crippen molar-refractivity contribution in [2.45, 2.75) is 0 Å². The van der Waals surface area contributed by atoms with E-state index in [0.29, 0.717) is 0 Å². The van der Waals surface area contributed by atoms with Crippen LogP contribution in [0.2, 0.25) is 0 Å². The quantitative estimate of drug-likeness (QED) is 0.276. The molecule has 0 aromatic heterocycles. The lowest BCUT2D eigenvalue weighted by atomic mass is 14.0. The molecule has 0 bridgehead atoms.